The average molecular weight is 416 g/mol. The van der Waals surface area contributed by atoms with E-state index >= 15 is 0 Å². The van der Waals surface area contributed by atoms with Crippen molar-refractivity contribution in [2.24, 2.45) is 0 Å². The molecule has 146 valence electrons. The van der Waals surface area contributed by atoms with Crippen molar-refractivity contribution in [3.63, 3.8) is 0 Å². The van der Waals surface area contributed by atoms with Gasteiger partial charge in [-0.05, 0) is 24.6 Å². The van der Waals surface area contributed by atoms with Gasteiger partial charge in [0.2, 0.25) is 11.8 Å². The third-order valence-corrected chi connectivity index (χ3v) is 5.55. The molecule has 0 fully saturated rings. The van der Waals surface area contributed by atoms with Gasteiger partial charge in [0.05, 0.1) is 20.2 Å². The Kier molecular flexibility index (Phi) is 6.31. The van der Waals surface area contributed by atoms with E-state index in [0.717, 1.165) is 20.8 Å². The van der Waals surface area contributed by atoms with E-state index in [4.69, 9.17) is 16.3 Å². The Labute approximate surface area is 173 Å². The molecule has 5 nitrogen and oxygen atoms in total. The number of benzene rings is 1. The zero-order valence-corrected chi connectivity index (χ0v) is 17.8. The molecule has 1 N–H and O–H groups in total. The number of carbonyl (C=O) groups is 1. The van der Waals surface area contributed by atoms with E-state index < -0.39 is 0 Å². The van der Waals surface area contributed by atoms with Gasteiger partial charge in [0.25, 0.3) is 0 Å². The van der Waals surface area contributed by atoms with Crippen molar-refractivity contribution < 1.29 is 9.53 Å². The summed E-state index contributed by atoms with van der Waals surface area (Å²) >= 11 is 8.01. The van der Waals surface area contributed by atoms with Gasteiger partial charge >= 0.3 is 0 Å². The van der Waals surface area contributed by atoms with Crippen LogP contribution in [-0.2, 0) is 4.79 Å². The van der Waals surface area contributed by atoms with Gasteiger partial charge in [-0.15, -0.1) is 11.3 Å². The molecule has 0 aliphatic rings. The third-order valence-electron chi connectivity index (χ3n) is 3.93. The molecule has 1 atom stereocenters. The summed E-state index contributed by atoms with van der Waals surface area (Å²) in [5, 5.41) is 4.37. The number of aromatic nitrogens is 2. The summed E-state index contributed by atoms with van der Waals surface area (Å²) in [5.74, 6) is 1.33. The van der Waals surface area contributed by atoms with Crippen LogP contribution in [0.25, 0.3) is 16.3 Å². The molecule has 1 amide bonds. The lowest BCUT2D eigenvalue weighted by molar-refractivity contribution is -0.119. The highest BCUT2D eigenvalue weighted by Gasteiger charge is 2.12. The van der Waals surface area contributed by atoms with Crippen LogP contribution in [0, 0.1) is 0 Å². The van der Waals surface area contributed by atoms with E-state index in [0.29, 0.717) is 22.6 Å². The largest absolute Gasteiger partial charge is 0.437 e. The summed E-state index contributed by atoms with van der Waals surface area (Å²) in [7, 11) is 0. The van der Waals surface area contributed by atoms with E-state index in [-0.39, 0.29) is 11.9 Å². The van der Waals surface area contributed by atoms with E-state index in [1.54, 1.807) is 23.6 Å². The summed E-state index contributed by atoms with van der Waals surface area (Å²) in [5.41, 5.74) is 1.79. The molecule has 28 heavy (non-hydrogen) atoms. The van der Waals surface area contributed by atoms with Crippen molar-refractivity contribution in [1.82, 2.24) is 15.3 Å². The smallest absolute Gasteiger partial charge is 0.219 e. The Morgan fingerprint density at radius 3 is 2.71 bits per heavy atom. The molecule has 2 heterocycles. The Balaban J connectivity index is 1.74. The van der Waals surface area contributed by atoms with Crippen molar-refractivity contribution in [3.05, 3.63) is 52.1 Å². The molecular formula is C21H22ClN3O2S. The molecule has 0 aliphatic heterocycles. The second-order valence-corrected chi connectivity index (χ2v) is 8.31. The lowest BCUT2D eigenvalue weighted by atomic mass is 10.2. The van der Waals surface area contributed by atoms with Crippen LogP contribution < -0.4 is 10.1 Å². The molecule has 0 radical (unpaired) electrons. The fraction of sp³-hybridized carbons (Fsp3) is 0.286. The van der Waals surface area contributed by atoms with Crippen LogP contribution >= 0.6 is 22.9 Å². The number of rotatable bonds is 6. The first kappa shape index (κ1) is 20.3. The predicted octanol–water partition coefficient (Wildman–Crippen LogP) is 5.80. The summed E-state index contributed by atoms with van der Waals surface area (Å²) in [6, 6.07) is 7.38. The highest BCUT2D eigenvalue weighted by molar-refractivity contribution is 7.18. The average Bonchev–Trinajstić information content (AvgIpc) is 3.04. The second-order valence-electron chi connectivity index (χ2n) is 6.84. The lowest BCUT2D eigenvalue weighted by Crippen LogP contribution is -2.28. The zero-order chi connectivity index (χ0) is 20.3. The van der Waals surface area contributed by atoms with Crippen LogP contribution in [0.15, 0.2) is 36.5 Å². The van der Waals surface area contributed by atoms with Gasteiger partial charge in [0, 0.05) is 37.2 Å². The van der Waals surface area contributed by atoms with E-state index in [9.17, 15) is 4.79 Å². The van der Waals surface area contributed by atoms with Crippen molar-refractivity contribution in [2.45, 2.75) is 39.7 Å². The fourth-order valence-electron chi connectivity index (χ4n) is 2.56. The number of nitrogens with one attached hydrogen (secondary N) is 1. The molecule has 0 unspecified atom stereocenters. The third kappa shape index (κ3) is 5.09. The molecule has 1 aromatic carbocycles. The number of hydrogen-bond acceptors (Lipinski definition) is 5. The summed E-state index contributed by atoms with van der Waals surface area (Å²) in [4.78, 5) is 20.0. The quantitative estimate of drug-likeness (QED) is 0.552. The number of thiazole rings is 1. The van der Waals surface area contributed by atoms with Crippen molar-refractivity contribution in [3.8, 4) is 11.6 Å². The van der Waals surface area contributed by atoms with Crippen molar-refractivity contribution >= 4 is 45.1 Å². The molecule has 2 aromatic heterocycles. The molecule has 0 saturated carbocycles. The standard InChI is InChI=1S/C21H22ClN3O2S/c1-12(2)21-25-17-9-16(22)18(10-19(17)28-21)27-20-8-7-15(11-23-20)6-5-13(3)24-14(4)26/h5-13H,1-4H3,(H,24,26)/b6-5+/t13-/m0/s1. The number of amides is 1. The monoisotopic (exact) mass is 415 g/mol. The Morgan fingerprint density at radius 1 is 1.29 bits per heavy atom. The molecule has 0 aliphatic carbocycles. The maximum atomic E-state index is 11.0. The Morgan fingerprint density at radius 2 is 2.07 bits per heavy atom. The molecular weight excluding hydrogens is 394 g/mol. The molecule has 0 saturated heterocycles. The molecule has 3 aromatic rings. The van der Waals surface area contributed by atoms with Crippen LogP contribution in [0.5, 0.6) is 11.6 Å². The number of pyridine rings is 1. The van der Waals surface area contributed by atoms with Gasteiger partial charge in [0.1, 0.15) is 5.75 Å². The topological polar surface area (TPSA) is 64.1 Å². The SMILES string of the molecule is CC(=O)N[C@@H](C)/C=C/c1ccc(Oc2cc3sc(C(C)C)nc3cc2Cl)nc1. The molecule has 7 heteroatoms. The van der Waals surface area contributed by atoms with E-state index in [1.165, 1.54) is 6.92 Å². The molecule has 3 rings (SSSR count). The number of hydrogen-bond donors (Lipinski definition) is 1. The minimum absolute atomic E-state index is 0.0471. The minimum atomic E-state index is -0.0608. The first-order chi connectivity index (χ1) is 13.3. The number of ether oxygens (including phenoxy) is 1. The van der Waals surface area contributed by atoms with Gasteiger partial charge in [0.15, 0.2) is 0 Å². The van der Waals surface area contributed by atoms with Crippen LogP contribution in [0.4, 0.5) is 0 Å². The van der Waals surface area contributed by atoms with Crippen LogP contribution in [0.3, 0.4) is 0 Å². The first-order valence-electron chi connectivity index (χ1n) is 9.01. The lowest BCUT2D eigenvalue weighted by Gasteiger charge is -2.08. The fourth-order valence-corrected chi connectivity index (χ4v) is 3.74. The highest BCUT2D eigenvalue weighted by Crippen LogP contribution is 2.36. The zero-order valence-electron chi connectivity index (χ0n) is 16.2. The van der Waals surface area contributed by atoms with Gasteiger partial charge < -0.3 is 10.1 Å². The second kappa shape index (κ2) is 8.71. The van der Waals surface area contributed by atoms with Gasteiger partial charge in [-0.3, -0.25) is 4.79 Å². The van der Waals surface area contributed by atoms with Crippen LogP contribution in [0.2, 0.25) is 5.02 Å². The molecule has 0 spiro atoms. The first-order valence-corrected chi connectivity index (χ1v) is 10.2. The van der Waals surface area contributed by atoms with E-state index in [2.05, 4.69) is 29.1 Å². The van der Waals surface area contributed by atoms with Crippen LogP contribution in [-0.4, -0.2) is 21.9 Å². The number of halogens is 1. The maximum absolute atomic E-state index is 11.0. The normalized spacial score (nSPS) is 12.6. The number of carbonyl (C=O) groups excluding carboxylic acids is 1. The van der Waals surface area contributed by atoms with Crippen molar-refractivity contribution in [2.75, 3.05) is 0 Å². The Hall–Kier alpha value is -2.44. The van der Waals surface area contributed by atoms with E-state index in [1.807, 2.05) is 37.3 Å². The Bertz CT molecular complexity index is 1010. The predicted molar refractivity (Wildman–Crippen MR) is 115 cm³/mol. The summed E-state index contributed by atoms with van der Waals surface area (Å²) in [6.45, 7) is 7.64. The van der Waals surface area contributed by atoms with Crippen LogP contribution in [0.1, 0.15) is 44.2 Å². The maximum Gasteiger partial charge on any atom is 0.219 e. The summed E-state index contributed by atoms with van der Waals surface area (Å²) < 4.78 is 6.91. The molecule has 0 bridgehead atoms. The number of nitrogens with zero attached hydrogens (tertiary/aromatic N) is 2. The number of fused-ring (bicyclic) bond motifs is 1. The van der Waals surface area contributed by atoms with Gasteiger partial charge in [-0.25, -0.2) is 9.97 Å². The summed E-state index contributed by atoms with van der Waals surface area (Å²) in [6.07, 6.45) is 5.52. The van der Waals surface area contributed by atoms with Gasteiger partial charge in [-0.1, -0.05) is 37.6 Å². The van der Waals surface area contributed by atoms with Crippen molar-refractivity contribution in [1.29, 1.82) is 0 Å². The minimum Gasteiger partial charge on any atom is -0.437 e. The highest BCUT2D eigenvalue weighted by atomic mass is 35.5. The van der Waals surface area contributed by atoms with Gasteiger partial charge in [-0.2, -0.15) is 0 Å².